The van der Waals surface area contributed by atoms with Crippen molar-refractivity contribution in [1.82, 2.24) is 9.78 Å². The molecule has 0 aliphatic heterocycles. The van der Waals surface area contributed by atoms with Crippen molar-refractivity contribution in [1.29, 1.82) is 0 Å². The number of ether oxygens (including phenoxy) is 1. The van der Waals surface area contributed by atoms with Crippen molar-refractivity contribution in [3.63, 3.8) is 0 Å². The number of carbonyl (C=O) groups is 3. The van der Waals surface area contributed by atoms with Gasteiger partial charge in [-0.15, -0.1) is 0 Å². The van der Waals surface area contributed by atoms with Gasteiger partial charge >= 0.3 is 5.97 Å². The summed E-state index contributed by atoms with van der Waals surface area (Å²) in [5.74, 6) is -2.59. The number of amides is 1. The lowest BCUT2D eigenvalue weighted by Crippen LogP contribution is -2.42. The molecule has 1 saturated carbocycles. The molecule has 1 fully saturated rings. The third-order valence-corrected chi connectivity index (χ3v) is 6.92. The van der Waals surface area contributed by atoms with Crippen molar-refractivity contribution in [2.24, 2.45) is 16.9 Å². The van der Waals surface area contributed by atoms with Gasteiger partial charge in [0.05, 0.1) is 33.9 Å². The Labute approximate surface area is 209 Å². The largest absolute Gasteiger partial charge is 0.460 e. The molecule has 1 atom stereocenters. The van der Waals surface area contributed by atoms with Gasteiger partial charge in [-0.1, -0.05) is 27.2 Å². The van der Waals surface area contributed by atoms with Crippen molar-refractivity contribution in [2.45, 2.75) is 84.4 Å². The molecule has 4 rings (SSSR count). The van der Waals surface area contributed by atoms with E-state index in [9.17, 15) is 14.4 Å². The van der Waals surface area contributed by atoms with Crippen molar-refractivity contribution in [3.8, 4) is 5.69 Å². The molecule has 5 N–H and O–H groups in total. The van der Waals surface area contributed by atoms with Crippen LogP contribution >= 0.6 is 0 Å². The average Bonchev–Trinajstić information content (AvgIpc) is 3.16. The van der Waals surface area contributed by atoms with Gasteiger partial charge in [-0.2, -0.15) is 5.10 Å². The Kier molecular flexibility index (Phi) is 7.17. The fourth-order valence-corrected chi connectivity index (χ4v) is 5.21. The number of primary amides is 1. The Hall–Kier alpha value is -3.27. The number of halogens is 1. The highest BCUT2D eigenvalue weighted by Crippen LogP contribution is 2.38. The van der Waals surface area contributed by atoms with Crippen LogP contribution in [0.15, 0.2) is 12.1 Å². The number of benzene rings is 1. The molecule has 0 radical (unpaired) electrons. The molecule has 1 aromatic heterocycles. The Morgan fingerprint density at radius 1 is 1.25 bits per heavy atom. The van der Waals surface area contributed by atoms with Crippen LogP contribution in [0.4, 0.5) is 10.1 Å². The van der Waals surface area contributed by atoms with E-state index in [0.717, 1.165) is 38.2 Å². The molecule has 36 heavy (non-hydrogen) atoms. The zero-order valence-electron chi connectivity index (χ0n) is 21.0. The Morgan fingerprint density at radius 3 is 2.58 bits per heavy atom. The minimum atomic E-state index is -1.34. The van der Waals surface area contributed by atoms with E-state index in [-0.39, 0.29) is 28.7 Å². The van der Waals surface area contributed by atoms with Gasteiger partial charge in [-0.3, -0.25) is 9.59 Å². The highest BCUT2D eigenvalue weighted by molar-refractivity contribution is 6.01. The van der Waals surface area contributed by atoms with Gasteiger partial charge in [-0.05, 0) is 50.0 Å². The molecule has 0 bridgehead atoms. The van der Waals surface area contributed by atoms with E-state index in [1.165, 1.54) is 10.7 Å². The highest BCUT2D eigenvalue weighted by atomic mass is 19.1. The maximum atomic E-state index is 15.2. The van der Waals surface area contributed by atoms with Crippen LogP contribution in [-0.2, 0) is 22.4 Å². The molecule has 0 saturated heterocycles. The van der Waals surface area contributed by atoms with E-state index >= 15 is 4.39 Å². The van der Waals surface area contributed by atoms with Crippen LogP contribution in [0, 0.1) is 11.2 Å². The van der Waals surface area contributed by atoms with Gasteiger partial charge in [0.1, 0.15) is 11.9 Å². The molecular weight excluding hydrogens is 465 g/mol. The van der Waals surface area contributed by atoms with Crippen molar-refractivity contribution < 1.29 is 23.5 Å². The van der Waals surface area contributed by atoms with Crippen LogP contribution in [0.25, 0.3) is 5.69 Å². The summed E-state index contributed by atoms with van der Waals surface area (Å²) >= 11 is 0. The van der Waals surface area contributed by atoms with Crippen LogP contribution < -0.4 is 16.8 Å². The number of hydrogen-bond acceptors (Lipinski definition) is 7. The minimum Gasteiger partial charge on any atom is -0.460 e. The number of aromatic nitrogens is 2. The molecule has 1 aromatic carbocycles. The summed E-state index contributed by atoms with van der Waals surface area (Å²) in [5, 5.41) is 7.32. The summed E-state index contributed by atoms with van der Waals surface area (Å²) in [4.78, 5) is 37.6. The van der Waals surface area contributed by atoms with Crippen molar-refractivity contribution >= 4 is 23.3 Å². The number of nitrogens with one attached hydrogen (secondary N) is 1. The molecule has 1 heterocycles. The first-order valence-electron chi connectivity index (χ1n) is 12.5. The summed E-state index contributed by atoms with van der Waals surface area (Å²) < 4.78 is 22.3. The second kappa shape index (κ2) is 10.0. The zero-order valence-corrected chi connectivity index (χ0v) is 21.0. The Balaban J connectivity index is 1.71. The fraction of sp³-hybridized carbons (Fsp3) is 0.538. The first kappa shape index (κ1) is 25.8. The van der Waals surface area contributed by atoms with Gasteiger partial charge in [0.2, 0.25) is 0 Å². The molecule has 1 amide bonds. The molecule has 2 aliphatic rings. The molecule has 2 aromatic rings. The lowest BCUT2D eigenvalue weighted by atomic mass is 9.75. The van der Waals surface area contributed by atoms with E-state index in [4.69, 9.17) is 16.2 Å². The van der Waals surface area contributed by atoms with Gasteiger partial charge in [0, 0.05) is 12.5 Å². The third-order valence-electron chi connectivity index (χ3n) is 6.92. The number of nitrogens with two attached hydrogens (primary N) is 2. The van der Waals surface area contributed by atoms with E-state index in [1.54, 1.807) is 0 Å². The SMILES string of the molecule is CCc1nn(-c2cc(F)c(C(N)=O)c(NC(N)C(=O)OC3CCCCC3)c2)c2c1C(=O)CC(C)(C)C2. The van der Waals surface area contributed by atoms with Crippen molar-refractivity contribution in [2.75, 3.05) is 5.32 Å². The van der Waals surface area contributed by atoms with Crippen LogP contribution in [0.3, 0.4) is 0 Å². The smallest absolute Gasteiger partial charge is 0.343 e. The number of anilines is 1. The summed E-state index contributed by atoms with van der Waals surface area (Å²) in [6.45, 7) is 5.90. The van der Waals surface area contributed by atoms with Gasteiger partial charge in [0.15, 0.2) is 11.9 Å². The predicted octanol–water partition coefficient (Wildman–Crippen LogP) is 3.40. The summed E-state index contributed by atoms with van der Waals surface area (Å²) in [5.41, 5.74) is 12.9. The summed E-state index contributed by atoms with van der Waals surface area (Å²) in [6.07, 6.45) is 4.56. The van der Waals surface area contributed by atoms with E-state index < -0.39 is 29.4 Å². The zero-order chi connectivity index (χ0) is 26.2. The van der Waals surface area contributed by atoms with E-state index in [0.29, 0.717) is 36.2 Å². The Morgan fingerprint density at radius 2 is 1.94 bits per heavy atom. The highest BCUT2D eigenvalue weighted by Gasteiger charge is 2.36. The molecule has 194 valence electrons. The number of nitrogens with zero attached hydrogens (tertiary/aromatic N) is 2. The second-order valence-electron chi connectivity index (χ2n) is 10.5. The normalized spacial score (nSPS) is 18.4. The second-order valence-corrected chi connectivity index (χ2v) is 10.5. The third kappa shape index (κ3) is 5.13. The number of rotatable bonds is 7. The summed E-state index contributed by atoms with van der Waals surface area (Å²) in [7, 11) is 0. The number of carbonyl (C=O) groups excluding carboxylic acids is 3. The number of ketones is 1. The van der Waals surface area contributed by atoms with Crippen LogP contribution in [0.5, 0.6) is 0 Å². The first-order chi connectivity index (χ1) is 17.0. The topological polar surface area (TPSA) is 142 Å². The lowest BCUT2D eigenvalue weighted by Gasteiger charge is -2.29. The molecular formula is C26H34FN5O4. The van der Waals surface area contributed by atoms with E-state index in [2.05, 4.69) is 10.4 Å². The number of esters is 1. The standard InChI is InChI=1S/C26H34FN5O4/c1-4-17-22-19(12-26(2,3)13-20(22)33)32(31-17)14-10-16(27)21(24(29)34)18(11-14)30-23(28)25(35)36-15-8-6-5-7-9-15/h10-11,15,23,30H,4-9,12-13,28H2,1-3H3,(H2,29,34). The molecule has 10 heteroatoms. The molecule has 1 unspecified atom stereocenters. The van der Waals surface area contributed by atoms with Gasteiger partial charge in [0.25, 0.3) is 5.91 Å². The van der Waals surface area contributed by atoms with Crippen molar-refractivity contribution in [3.05, 3.63) is 40.5 Å². The van der Waals surface area contributed by atoms with Crippen LogP contribution in [-0.4, -0.2) is 39.7 Å². The molecule has 9 nitrogen and oxygen atoms in total. The van der Waals surface area contributed by atoms with Crippen LogP contribution in [0.1, 0.15) is 91.4 Å². The maximum absolute atomic E-state index is 15.2. The van der Waals surface area contributed by atoms with Crippen LogP contribution in [0.2, 0.25) is 0 Å². The number of hydrogen-bond donors (Lipinski definition) is 3. The Bertz CT molecular complexity index is 1200. The van der Waals surface area contributed by atoms with Gasteiger partial charge in [-0.25, -0.2) is 13.9 Å². The van der Waals surface area contributed by atoms with Gasteiger partial charge < -0.3 is 21.5 Å². The number of fused-ring (bicyclic) bond motifs is 1. The van der Waals surface area contributed by atoms with E-state index in [1.807, 2.05) is 20.8 Å². The predicted molar refractivity (Wildman–Crippen MR) is 132 cm³/mol. The summed E-state index contributed by atoms with van der Waals surface area (Å²) in [6, 6.07) is 2.62. The fourth-order valence-electron chi connectivity index (χ4n) is 5.21. The maximum Gasteiger partial charge on any atom is 0.343 e. The monoisotopic (exact) mass is 499 g/mol. The average molecular weight is 500 g/mol. The minimum absolute atomic E-state index is 0.00408. The molecule has 2 aliphatic carbocycles. The number of Topliss-reactive ketones (excluding diaryl/α,β-unsaturated/α-hetero) is 1. The quantitative estimate of drug-likeness (QED) is 0.391. The number of aryl methyl sites for hydroxylation is 1. The molecule has 0 spiro atoms. The lowest BCUT2D eigenvalue weighted by molar-refractivity contribution is -0.151. The first-order valence-corrected chi connectivity index (χ1v) is 12.5.